The summed E-state index contributed by atoms with van der Waals surface area (Å²) in [6, 6.07) is 10.8. The Morgan fingerprint density at radius 3 is 2.62 bits per heavy atom. The third-order valence-corrected chi connectivity index (χ3v) is 4.05. The molecule has 1 heterocycles. The molecular formula is C17H19NO3. The molecule has 2 aromatic rings. The number of rotatable bonds is 5. The molecule has 1 aromatic carbocycles. The van der Waals surface area contributed by atoms with Gasteiger partial charge in [0.15, 0.2) is 0 Å². The summed E-state index contributed by atoms with van der Waals surface area (Å²) in [5.41, 5.74) is 0.761. The third kappa shape index (κ3) is 3.10. The van der Waals surface area contributed by atoms with Crippen molar-refractivity contribution in [3.8, 4) is 5.75 Å². The second-order valence-electron chi connectivity index (χ2n) is 5.53. The Kier molecular flexibility index (Phi) is 3.95. The van der Waals surface area contributed by atoms with Gasteiger partial charge in [0.25, 0.3) is 0 Å². The monoisotopic (exact) mass is 285 g/mol. The first-order chi connectivity index (χ1) is 10.2. The number of para-hydroxylation sites is 1. The molecule has 4 nitrogen and oxygen atoms in total. The Morgan fingerprint density at radius 1 is 1.19 bits per heavy atom. The van der Waals surface area contributed by atoms with Crippen LogP contribution in [-0.2, 0) is 17.9 Å². The average Bonchev–Trinajstić information content (AvgIpc) is 2.91. The molecule has 1 N–H and O–H groups in total. The first-order valence-electron chi connectivity index (χ1n) is 7.32. The molecule has 0 unspecified atom stereocenters. The Bertz CT molecular complexity index is 602. The predicted octanol–water partition coefficient (Wildman–Crippen LogP) is 3.31. The van der Waals surface area contributed by atoms with E-state index in [2.05, 4.69) is 0 Å². The average molecular weight is 285 g/mol. The highest BCUT2D eigenvalue weighted by Gasteiger charge is 2.30. The topological polar surface area (TPSA) is 53.7 Å². The molecule has 4 heteroatoms. The van der Waals surface area contributed by atoms with Gasteiger partial charge in [-0.2, -0.15) is 0 Å². The van der Waals surface area contributed by atoms with Crippen LogP contribution < -0.4 is 0 Å². The number of amides is 1. The minimum absolute atomic E-state index is 0.130. The summed E-state index contributed by atoms with van der Waals surface area (Å²) in [6.45, 7) is 0.847. The molecule has 1 aliphatic carbocycles. The number of carbonyl (C=O) groups is 1. The maximum atomic E-state index is 12.6. The molecule has 0 spiro atoms. The minimum Gasteiger partial charge on any atom is -0.508 e. The summed E-state index contributed by atoms with van der Waals surface area (Å²) in [6.07, 6.45) is 4.67. The van der Waals surface area contributed by atoms with Crippen molar-refractivity contribution in [1.82, 2.24) is 4.90 Å². The van der Waals surface area contributed by atoms with E-state index in [1.807, 2.05) is 24.3 Å². The first-order valence-corrected chi connectivity index (χ1v) is 7.32. The standard InChI is InChI=1S/C17H19NO3/c19-16-9-2-1-5-14(16)11-18(12-15-8-4-10-21-15)17(20)13-6-3-7-13/h1-2,4-5,8-10,13,19H,3,6-7,11-12H2. The zero-order valence-electron chi connectivity index (χ0n) is 11.9. The van der Waals surface area contributed by atoms with Gasteiger partial charge >= 0.3 is 0 Å². The molecule has 1 amide bonds. The molecule has 0 radical (unpaired) electrons. The van der Waals surface area contributed by atoms with Gasteiger partial charge in [-0.1, -0.05) is 24.6 Å². The summed E-state index contributed by atoms with van der Waals surface area (Å²) < 4.78 is 5.36. The van der Waals surface area contributed by atoms with Crippen LogP contribution in [0.4, 0.5) is 0 Å². The van der Waals surface area contributed by atoms with E-state index in [0.29, 0.717) is 13.1 Å². The Hall–Kier alpha value is -2.23. The van der Waals surface area contributed by atoms with Gasteiger partial charge in [0.1, 0.15) is 11.5 Å². The number of hydrogen-bond acceptors (Lipinski definition) is 3. The van der Waals surface area contributed by atoms with E-state index in [9.17, 15) is 9.90 Å². The van der Waals surface area contributed by atoms with Crippen molar-refractivity contribution in [3.05, 3.63) is 54.0 Å². The lowest BCUT2D eigenvalue weighted by molar-refractivity contribution is -0.139. The molecule has 1 aromatic heterocycles. The maximum Gasteiger partial charge on any atom is 0.226 e. The lowest BCUT2D eigenvalue weighted by atomic mass is 9.84. The Labute approximate surface area is 124 Å². The molecule has 1 fully saturated rings. The van der Waals surface area contributed by atoms with E-state index in [-0.39, 0.29) is 17.6 Å². The minimum atomic E-state index is 0.130. The van der Waals surface area contributed by atoms with E-state index in [0.717, 1.165) is 30.6 Å². The van der Waals surface area contributed by atoms with Gasteiger partial charge in [0.05, 0.1) is 12.8 Å². The molecule has 0 atom stereocenters. The van der Waals surface area contributed by atoms with E-state index in [1.165, 1.54) is 0 Å². The smallest absolute Gasteiger partial charge is 0.226 e. The van der Waals surface area contributed by atoms with Crippen LogP contribution in [0.5, 0.6) is 5.75 Å². The molecule has 0 saturated heterocycles. The van der Waals surface area contributed by atoms with Crippen molar-refractivity contribution < 1.29 is 14.3 Å². The van der Waals surface area contributed by atoms with E-state index in [1.54, 1.807) is 23.3 Å². The third-order valence-electron chi connectivity index (χ3n) is 4.05. The van der Waals surface area contributed by atoms with Crippen LogP contribution in [-0.4, -0.2) is 15.9 Å². The van der Waals surface area contributed by atoms with Crippen LogP contribution in [0.25, 0.3) is 0 Å². The zero-order chi connectivity index (χ0) is 14.7. The van der Waals surface area contributed by atoms with Gasteiger partial charge in [-0.05, 0) is 31.0 Å². The summed E-state index contributed by atoms with van der Waals surface area (Å²) >= 11 is 0. The normalized spacial score (nSPS) is 14.7. The lowest BCUT2D eigenvalue weighted by Gasteiger charge is -2.31. The number of nitrogens with zero attached hydrogens (tertiary/aromatic N) is 1. The summed E-state index contributed by atoms with van der Waals surface area (Å²) in [5.74, 6) is 1.27. The largest absolute Gasteiger partial charge is 0.508 e. The van der Waals surface area contributed by atoms with Crippen LogP contribution in [0.15, 0.2) is 47.1 Å². The van der Waals surface area contributed by atoms with Gasteiger partial charge in [-0.25, -0.2) is 0 Å². The molecule has 0 aliphatic heterocycles. The van der Waals surface area contributed by atoms with Gasteiger partial charge in [0.2, 0.25) is 5.91 Å². The zero-order valence-corrected chi connectivity index (χ0v) is 11.9. The highest BCUT2D eigenvalue weighted by Crippen LogP contribution is 2.30. The summed E-state index contributed by atoms with van der Waals surface area (Å²) in [5, 5.41) is 9.92. The highest BCUT2D eigenvalue weighted by atomic mass is 16.3. The van der Waals surface area contributed by atoms with Crippen molar-refractivity contribution >= 4 is 5.91 Å². The fraction of sp³-hybridized carbons (Fsp3) is 0.353. The quantitative estimate of drug-likeness (QED) is 0.917. The second-order valence-corrected chi connectivity index (χ2v) is 5.53. The fourth-order valence-corrected chi connectivity index (χ4v) is 2.57. The number of benzene rings is 1. The van der Waals surface area contributed by atoms with Crippen LogP contribution >= 0.6 is 0 Å². The Balaban J connectivity index is 1.77. The molecule has 1 aliphatic rings. The molecule has 110 valence electrons. The maximum absolute atomic E-state index is 12.6. The van der Waals surface area contributed by atoms with Crippen LogP contribution in [0, 0.1) is 5.92 Å². The van der Waals surface area contributed by atoms with Crippen LogP contribution in [0.2, 0.25) is 0 Å². The molecule has 0 bridgehead atoms. The van der Waals surface area contributed by atoms with Crippen molar-refractivity contribution in [3.63, 3.8) is 0 Å². The fourth-order valence-electron chi connectivity index (χ4n) is 2.57. The van der Waals surface area contributed by atoms with Crippen LogP contribution in [0.3, 0.4) is 0 Å². The summed E-state index contributed by atoms with van der Waals surface area (Å²) in [7, 11) is 0. The van der Waals surface area contributed by atoms with Crippen LogP contribution in [0.1, 0.15) is 30.6 Å². The number of aromatic hydroxyl groups is 1. The predicted molar refractivity (Wildman–Crippen MR) is 78.4 cm³/mol. The number of furan rings is 1. The van der Waals surface area contributed by atoms with Crippen molar-refractivity contribution in [1.29, 1.82) is 0 Å². The molecular weight excluding hydrogens is 266 g/mol. The van der Waals surface area contributed by atoms with Gasteiger partial charge in [-0.15, -0.1) is 0 Å². The first kappa shape index (κ1) is 13.7. The van der Waals surface area contributed by atoms with Crippen molar-refractivity contribution in [2.45, 2.75) is 32.4 Å². The number of carbonyl (C=O) groups excluding carboxylic acids is 1. The lowest BCUT2D eigenvalue weighted by Crippen LogP contribution is -2.38. The molecule has 21 heavy (non-hydrogen) atoms. The van der Waals surface area contributed by atoms with E-state index >= 15 is 0 Å². The van der Waals surface area contributed by atoms with Gasteiger partial charge in [-0.3, -0.25) is 4.79 Å². The van der Waals surface area contributed by atoms with Crippen molar-refractivity contribution in [2.75, 3.05) is 0 Å². The molecule has 3 rings (SSSR count). The summed E-state index contributed by atoms with van der Waals surface area (Å²) in [4.78, 5) is 14.3. The van der Waals surface area contributed by atoms with E-state index < -0.39 is 0 Å². The van der Waals surface area contributed by atoms with E-state index in [4.69, 9.17) is 4.42 Å². The second kappa shape index (κ2) is 6.04. The Morgan fingerprint density at radius 2 is 2.00 bits per heavy atom. The molecule has 1 saturated carbocycles. The van der Waals surface area contributed by atoms with Gasteiger partial charge < -0.3 is 14.4 Å². The van der Waals surface area contributed by atoms with Gasteiger partial charge in [0, 0.05) is 18.0 Å². The number of hydrogen-bond donors (Lipinski definition) is 1. The number of phenols is 1. The highest BCUT2D eigenvalue weighted by molar-refractivity contribution is 5.79. The SMILES string of the molecule is O=C(C1CCC1)N(Cc1ccco1)Cc1ccccc1O. The van der Waals surface area contributed by atoms with Crippen molar-refractivity contribution in [2.24, 2.45) is 5.92 Å². The number of phenolic OH excluding ortho intramolecular Hbond substituents is 1.